The highest BCUT2D eigenvalue weighted by Crippen LogP contribution is 2.38. The van der Waals surface area contributed by atoms with Crippen molar-refractivity contribution in [2.75, 3.05) is 6.54 Å². The Morgan fingerprint density at radius 3 is 2.58 bits per heavy atom. The minimum absolute atomic E-state index is 0.139. The topological polar surface area (TPSA) is 90.2 Å². The van der Waals surface area contributed by atoms with E-state index in [2.05, 4.69) is 11.4 Å². The first-order chi connectivity index (χ1) is 9.10. The maximum absolute atomic E-state index is 12.0. The largest absolute Gasteiger partial charge is 0.481 e. The van der Waals surface area contributed by atoms with Crippen LogP contribution in [0, 0.1) is 29.1 Å². The second kappa shape index (κ2) is 7.78. The lowest BCUT2D eigenvalue weighted by Gasteiger charge is -2.15. The number of carbonyl (C=O) groups excluding carboxylic acids is 1. The molecule has 3 unspecified atom stereocenters. The van der Waals surface area contributed by atoms with E-state index in [4.69, 9.17) is 5.26 Å². The number of aliphatic carboxylic acids is 1. The van der Waals surface area contributed by atoms with E-state index in [0.717, 1.165) is 19.3 Å². The lowest BCUT2D eigenvalue weighted by molar-refractivity contribution is -0.146. The number of carbonyl (C=O) groups is 2. The Hall–Kier alpha value is -1.57. The summed E-state index contributed by atoms with van der Waals surface area (Å²) in [5.74, 6) is -1.58. The Labute approximate surface area is 114 Å². The van der Waals surface area contributed by atoms with Gasteiger partial charge in [-0.3, -0.25) is 9.59 Å². The number of rotatable bonds is 7. The van der Waals surface area contributed by atoms with E-state index < -0.39 is 17.8 Å². The quantitative estimate of drug-likeness (QED) is 0.689. The molecule has 0 bridgehead atoms. The zero-order valence-corrected chi connectivity index (χ0v) is 11.4. The molecule has 1 saturated carbocycles. The van der Waals surface area contributed by atoms with Gasteiger partial charge in [-0.15, -0.1) is 0 Å². The van der Waals surface area contributed by atoms with Crippen molar-refractivity contribution < 1.29 is 14.7 Å². The van der Waals surface area contributed by atoms with Crippen molar-refractivity contribution in [3.05, 3.63) is 0 Å². The number of unbranched alkanes of at least 4 members (excludes halogenated alkanes) is 2. The molecular weight excluding hydrogens is 244 g/mol. The van der Waals surface area contributed by atoms with Crippen LogP contribution in [0.2, 0.25) is 0 Å². The molecule has 0 heterocycles. The number of nitrogens with zero attached hydrogens (tertiary/aromatic N) is 1. The standard InChI is InChI=1S/C14H22N2O3/c1-2-10-8-11(12(9-10)14(18)19)13(17)16-7-5-3-4-6-15/h10-12H,2-5,7-9H2,1H3,(H,16,17)(H,18,19). The predicted octanol–water partition coefficient (Wildman–Crippen LogP) is 1.93. The zero-order chi connectivity index (χ0) is 14.3. The van der Waals surface area contributed by atoms with Gasteiger partial charge in [0.25, 0.3) is 0 Å². The first-order valence-corrected chi connectivity index (χ1v) is 6.97. The van der Waals surface area contributed by atoms with Crippen molar-refractivity contribution in [3.8, 4) is 6.07 Å². The minimum atomic E-state index is -0.861. The summed E-state index contributed by atoms with van der Waals surface area (Å²) in [5.41, 5.74) is 0. The summed E-state index contributed by atoms with van der Waals surface area (Å²) in [5, 5.41) is 20.4. The fourth-order valence-electron chi connectivity index (χ4n) is 2.71. The third-order valence-corrected chi connectivity index (χ3v) is 3.91. The van der Waals surface area contributed by atoms with Crippen LogP contribution in [0.15, 0.2) is 0 Å². The molecule has 106 valence electrons. The van der Waals surface area contributed by atoms with Gasteiger partial charge in [-0.05, 0) is 31.6 Å². The first kappa shape index (κ1) is 15.5. The van der Waals surface area contributed by atoms with Crippen molar-refractivity contribution in [1.29, 1.82) is 5.26 Å². The Morgan fingerprint density at radius 2 is 2.00 bits per heavy atom. The number of carboxylic acid groups (broad SMARTS) is 1. The predicted molar refractivity (Wildman–Crippen MR) is 70.1 cm³/mol. The molecule has 1 aliphatic rings. The summed E-state index contributed by atoms with van der Waals surface area (Å²) in [6.07, 6.45) is 4.24. The van der Waals surface area contributed by atoms with Crippen LogP contribution in [0.5, 0.6) is 0 Å². The fourth-order valence-corrected chi connectivity index (χ4v) is 2.71. The monoisotopic (exact) mass is 266 g/mol. The molecule has 1 amide bonds. The van der Waals surface area contributed by atoms with E-state index in [1.165, 1.54) is 0 Å². The SMILES string of the molecule is CCC1CC(C(=O)O)C(C(=O)NCCCCC#N)C1. The van der Waals surface area contributed by atoms with E-state index in [9.17, 15) is 14.7 Å². The van der Waals surface area contributed by atoms with Gasteiger partial charge in [0.2, 0.25) is 5.91 Å². The summed E-state index contributed by atoms with van der Waals surface area (Å²) < 4.78 is 0. The Bertz CT molecular complexity index is 362. The van der Waals surface area contributed by atoms with Crippen LogP contribution in [-0.2, 0) is 9.59 Å². The summed E-state index contributed by atoms with van der Waals surface area (Å²) in [6.45, 7) is 2.56. The van der Waals surface area contributed by atoms with E-state index in [1.807, 2.05) is 6.92 Å². The Balaban J connectivity index is 2.41. The van der Waals surface area contributed by atoms with Crippen LogP contribution in [0.3, 0.4) is 0 Å². The molecular formula is C14H22N2O3. The number of nitriles is 1. The van der Waals surface area contributed by atoms with Crippen LogP contribution in [-0.4, -0.2) is 23.5 Å². The van der Waals surface area contributed by atoms with Crippen LogP contribution >= 0.6 is 0 Å². The molecule has 2 N–H and O–H groups in total. The maximum atomic E-state index is 12.0. The number of hydrogen-bond acceptors (Lipinski definition) is 3. The molecule has 0 spiro atoms. The molecule has 1 rings (SSSR count). The second-order valence-corrected chi connectivity index (χ2v) is 5.20. The van der Waals surface area contributed by atoms with Gasteiger partial charge < -0.3 is 10.4 Å². The van der Waals surface area contributed by atoms with Crippen molar-refractivity contribution in [2.45, 2.75) is 45.4 Å². The van der Waals surface area contributed by atoms with Gasteiger partial charge in [-0.1, -0.05) is 13.3 Å². The molecule has 0 aromatic rings. The normalized spacial score (nSPS) is 25.8. The third-order valence-electron chi connectivity index (χ3n) is 3.91. The number of carboxylic acids is 1. The maximum Gasteiger partial charge on any atom is 0.307 e. The van der Waals surface area contributed by atoms with Crippen molar-refractivity contribution in [3.63, 3.8) is 0 Å². The summed E-state index contributed by atoms with van der Waals surface area (Å²) in [7, 11) is 0. The molecule has 0 radical (unpaired) electrons. The molecule has 5 nitrogen and oxygen atoms in total. The van der Waals surface area contributed by atoms with Gasteiger partial charge in [-0.2, -0.15) is 5.26 Å². The molecule has 19 heavy (non-hydrogen) atoms. The average molecular weight is 266 g/mol. The number of nitrogens with one attached hydrogen (secondary N) is 1. The highest BCUT2D eigenvalue weighted by molar-refractivity contribution is 5.85. The molecule has 0 aromatic carbocycles. The summed E-state index contributed by atoms with van der Waals surface area (Å²) in [6, 6.07) is 2.06. The first-order valence-electron chi connectivity index (χ1n) is 6.97. The van der Waals surface area contributed by atoms with Gasteiger partial charge in [0, 0.05) is 13.0 Å². The zero-order valence-electron chi connectivity index (χ0n) is 11.4. The third kappa shape index (κ3) is 4.55. The molecule has 1 fully saturated rings. The number of amides is 1. The van der Waals surface area contributed by atoms with E-state index in [-0.39, 0.29) is 5.91 Å². The highest BCUT2D eigenvalue weighted by Gasteiger charge is 2.41. The van der Waals surface area contributed by atoms with Crippen molar-refractivity contribution >= 4 is 11.9 Å². The van der Waals surface area contributed by atoms with Crippen LogP contribution < -0.4 is 5.32 Å². The van der Waals surface area contributed by atoms with E-state index in [1.54, 1.807) is 0 Å². The van der Waals surface area contributed by atoms with Gasteiger partial charge in [-0.25, -0.2) is 0 Å². The van der Waals surface area contributed by atoms with Gasteiger partial charge >= 0.3 is 5.97 Å². The van der Waals surface area contributed by atoms with Crippen molar-refractivity contribution in [1.82, 2.24) is 5.32 Å². The molecule has 5 heteroatoms. The lowest BCUT2D eigenvalue weighted by Crippen LogP contribution is -2.35. The smallest absolute Gasteiger partial charge is 0.307 e. The van der Waals surface area contributed by atoms with E-state index >= 15 is 0 Å². The molecule has 0 aromatic heterocycles. The van der Waals surface area contributed by atoms with Crippen LogP contribution in [0.4, 0.5) is 0 Å². The van der Waals surface area contributed by atoms with Gasteiger partial charge in [0.05, 0.1) is 17.9 Å². The average Bonchev–Trinajstić information content (AvgIpc) is 2.82. The van der Waals surface area contributed by atoms with E-state index in [0.29, 0.717) is 31.7 Å². The van der Waals surface area contributed by atoms with Gasteiger partial charge in [0.1, 0.15) is 0 Å². The van der Waals surface area contributed by atoms with Crippen molar-refractivity contribution in [2.24, 2.45) is 17.8 Å². The fraction of sp³-hybridized carbons (Fsp3) is 0.786. The lowest BCUT2D eigenvalue weighted by atomic mass is 9.95. The minimum Gasteiger partial charge on any atom is -0.481 e. The highest BCUT2D eigenvalue weighted by atomic mass is 16.4. The Kier molecular flexibility index (Phi) is 6.34. The Morgan fingerprint density at radius 1 is 1.32 bits per heavy atom. The van der Waals surface area contributed by atoms with Gasteiger partial charge in [0.15, 0.2) is 0 Å². The van der Waals surface area contributed by atoms with Crippen LogP contribution in [0.1, 0.15) is 45.4 Å². The molecule has 1 aliphatic carbocycles. The molecule has 0 aliphatic heterocycles. The summed E-state index contributed by atoms with van der Waals surface area (Å²) in [4.78, 5) is 23.2. The van der Waals surface area contributed by atoms with Crippen LogP contribution in [0.25, 0.3) is 0 Å². The molecule has 3 atom stereocenters. The summed E-state index contributed by atoms with van der Waals surface area (Å²) >= 11 is 0. The second-order valence-electron chi connectivity index (χ2n) is 5.20. The molecule has 0 saturated heterocycles. The number of hydrogen-bond donors (Lipinski definition) is 2.